The fourth-order valence-electron chi connectivity index (χ4n) is 3.53. The highest BCUT2D eigenvalue weighted by Crippen LogP contribution is 2.42. The van der Waals surface area contributed by atoms with Crippen molar-refractivity contribution >= 4 is 22.2 Å². The van der Waals surface area contributed by atoms with Crippen molar-refractivity contribution in [3.63, 3.8) is 0 Å². The van der Waals surface area contributed by atoms with Gasteiger partial charge in [-0.25, -0.2) is 4.79 Å². The summed E-state index contributed by atoms with van der Waals surface area (Å²) in [5.74, 6) is -1.43. The van der Waals surface area contributed by atoms with Crippen LogP contribution in [-0.2, 0) is 28.6 Å². The quantitative estimate of drug-likeness (QED) is 0.550. The second-order valence-corrected chi connectivity index (χ2v) is 8.91. The molecule has 0 aliphatic carbocycles. The molecule has 9 heteroatoms. The Morgan fingerprint density at radius 1 is 1.17 bits per heavy atom. The van der Waals surface area contributed by atoms with Gasteiger partial charge >= 0.3 is 12.1 Å². The van der Waals surface area contributed by atoms with Crippen molar-refractivity contribution in [3.8, 4) is 0 Å². The van der Waals surface area contributed by atoms with Crippen LogP contribution in [0.5, 0.6) is 0 Å². The average molecular weight is 363 g/mol. The fourth-order valence-corrected chi connectivity index (χ4v) is 4.17. The summed E-state index contributed by atoms with van der Waals surface area (Å²) in [6.07, 6.45) is 1.12. The summed E-state index contributed by atoms with van der Waals surface area (Å²) in [5.41, 5.74) is -0.655. The second kappa shape index (κ2) is 6.51. The molecule has 0 aromatic heterocycles. The van der Waals surface area contributed by atoms with Crippen LogP contribution in [0.25, 0.3) is 0 Å². The monoisotopic (exact) mass is 363 g/mol. The van der Waals surface area contributed by atoms with Gasteiger partial charge in [0.15, 0.2) is 0 Å². The van der Waals surface area contributed by atoms with Gasteiger partial charge in [-0.15, -0.1) is 0 Å². The van der Waals surface area contributed by atoms with Gasteiger partial charge in [0.1, 0.15) is 11.5 Å². The molecule has 2 saturated heterocycles. The van der Waals surface area contributed by atoms with Crippen molar-refractivity contribution in [3.05, 3.63) is 0 Å². The molecule has 2 rings (SSSR count). The minimum Gasteiger partial charge on any atom is -0.469 e. The van der Waals surface area contributed by atoms with E-state index in [0.717, 1.165) is 6.26 Å². The van der Waals surface area contributed by atoms with E-state index < -0.39 is 45.8 Å². The van der Waals surface area contributed by atoms with Gasteiger partial charge in [-0.1, -0.05) is 0 Å². The fraction of sp³-hybridized carbons (Fsp3) is 0.867. The maximum Gasteiger partial charge on any atom is 0.410 e. The lowest BCUT2D eigenvalue weighted by Gasteiger charge is -2.42. The molecule has 0 N–H and O–H groups in total. The molecule has 2 aliphatic rings. The highest BCUT2D eigenvalue weighted by atomic mass is 32.2. The summed E-state index contributed by atoms with van der Waals surface area (Å²) in [7, 11) is -2.49. The van der Waals surface area contributed by atoms with Crippen molar-refractivity contribution in [2.45, 2.75) is 63.8 Å². The van der Waals surface area contributed by atoms with Crippen LogP contribution < -0.4 is 0 Å². The number of hydrogen-bond donors (Lipinski definition) is 0. The van der Waals surface area contributed by atoms with Gasteiger partial charge in [0.05, 0.1) is 25.5 Å². The summed E-state index contributed by atoms with van der Waals surface area (Å²) in [6.45, 7) is 5.30. The topological polar surface area (TPSA) is 99.2 Å². The molecule has 4 unspecified atom stereocenters. The van der Waals surface area contributed by atoms with E-state index >= 15 is 0 Å². The van der Waals surface area contributed by atoms with Crippen LogP contribution in [0.15, 0.2) is 0 Å². The Hall–Kier alpha value is -1.35. The zero-order valence-corrected chi connectivity index (χ0v) is 15.5. The Morgan fingerprint density at radius 3 is 2.29 bits per heavy atom. The average Bonchev–Trinajstić information content (AvgIpc) is 2.70. The van der Waals surface area contributed by atoms with Crippen molar-refractivity contribution < 1.29 is 31.7 Å². The second-order valence-electron chi connectivity index (χ2n) is 7.31. The molecular formula is C15H25NO7S. The van der Waals surface area contributed by atoms with E-state index in [2.05, 4.69) is 0 Å². The van der Waals surface area contributed by atoms with Crippen molar-refractivity contribution in [1.29, 1.82) is 0 Å². The number of hydrogen-bond acceptors (Lipinski definition) is 7. The van der Waals surface area contributed by atoms with E-state index in [9.17, 15) is 18.0 Å². The summed E-state index contributed by atoms with van der Waals surface area (Å²) in [4.78, 5) is 26.3. The number of methoxy groups -OCH3 is 1. The number of rotatable bonds is 3. The van der Waals surface area contributed by atoms with E-state index in [1.54, 1.807) is 25.7 Å². The summed E-state index contributed by atoms with van der Waals surface area (Å²) < 4.78 is 38.4. The molecule has 4 atom stereocenters. The first-order valence-corrected chi connectivity index (χ1v) is 9.72. The number of esters is 1. The van der Waals surface area contributed by atoms with Gasteiger partial charge in [0, 0.05) is 6.04 Å². The largest absolute Gasteiger partial charge is 0.469 e. The van der Waals surface area contributed by atoms with Gasteiger partial charge < -0.3 is 14.4 Å². The van der Waals surface area contributed by atoms with Gasteiger partial charge in [-0.3, -0.25) is 8.98 Å². The van der Waals surface area contributed by atoms with Crippen LogP contribution in [0, 0.1) is 5.92 Å². The van der Waals surface area contributed by atoms with E-state index in [4.69, 9.17) is 13.7 Å². The smallest absolute Gasteiger partial charge is 0.410 e. The number of piperidine rings is 1. The molecule has 0 radical (unpaired) electrons. The minimum atomic E-state index is -3.73. The summed E-state index contributed by atoms with van der Waals surface area (Å²) >= 11 is 0. The number of carbonyl (C=O) groups excluding carboxylic acids is 2. The third-order valence-corrected chi connectivity index (χ3v) is 4.84. The Balaban J connectivity index is 2.28. The predicted octanol–water partition coefficient (Wildman–Crippen LogP) is 1.29. The first-order chi connectivity index (χ1) is 10.9. The van der Waals surface area contributed by atoms with E-state index in [1.807, 2.05) is 0 Å². The van der Waals surface area contributed by atoms with Crippen molar-refractivity contribution in [2.75, 3.05) is 13.4 Å². The van der Waals surface area contributed by atoms with Crippen LogP contribution in [-0.4, -0.2) is 62.5 Å². The molecular weight excluding hydrogens is 338 g/mol. The summed E-state index contributed by atoms with van der Waals surface area (Å²) in [6, 6.07) is -0.699. The van der Waals surface area contributed by atoms with Crippen LogP contribution in [0.1, 0.15) is 40.0 Å². The molecule has 24 heavy (non-hydrogen) atoms. The van der Waals surface area contributed by atoms with Crippen LogP contribution in [0.4, 0.5) is 4.79 Å². The Labute approximate surface area is 142 Å². The number of carbonyl (C=O) groups is 2. The standard InChI is InChI=1S/C15H25NO7S/c1-15(2,3)22-14(18)16-9-6-7-10(16)12(13(17)21-4)11(8-9)23-24(5,19)20/h9-12H,6-8H2,1-5H3. The van der Waals surface area contributed by atoms with Gasteiger partial charge in [-0.2, -0.15) is 8.42 Å². The molecule has 0 saturated carbocycles. The molecule has 0 aromatic rings. The number of amides is 1. The van der Waals surface area contributed by atoms with E-state index in [1.165, 1.54) is 7.11 Å². The van der Waals surface area contributed by atoms with Crippen LogP contribution in [0.3, 0.4) is 0 Å². The lowest BCUT2D eigenvalue weighted by Crippen LogP contribution is -2.57. The number of ether oxygens (including phenoxy) is 2. The highest BCUT2D eigenvalue weighted by molar-refractivity contribution is 7.86. The van der Waals surface area contributed by atoms with Crippen molar-refractivity contribution in [2.24, 2.45) is 5.92 Å². The zero-order chi connectivity index (χ0) is 18.3. The third-order valence-electron chi connectivity index (χ3n) is 4.24. The van der Waals surface area contributed by atoms with Crippen molar-refractivity contribution in [1.82, 2.24) is 4.90 Å². The lowest BCUT2D eigenvalue weighted by molar-refractivity contribution is -0.154. The summed E-state index contributed by atoms with van der Waals surface area (Å²) in [5, 5.41) is 0. The number of nitrogens with zero attached hydrogens (tertiary/aromatic N) is 1. The first kappa shape index (κ1) is 19.0. The molecule has 0 aromatic carbocycles. The SMILES string of the molecule is COC(=O)C1C(OS(C)(=O)=O)CC2CCC1N2C(=O)OC(C)(C)C. The van der Waals surface area contributed by atoms with Gasteiger partial charge in [0.25, 0.3) is 10.1 Å². The molecule has 8 nitrogen and oxygen atoms in total. The molecule has 2 heterocycles. The van der Waals surface area contributed by atoms with Crippen LogP contribution in [0.2, 0.25) is 0 Å². The highest BCUT2D eigenvalue weighted by Gasteiger charge is 2.54. The molecule has 2 aliphatic heterocycles. The molecule has 2 bridgehead atoms. The van der Waals surface area contributed by atoms with Crippen LogP contribution >= 0.6 is 0 Å². The first-order valence-electron chi connectivity index (χ1n) is 7.90. The van der Waals surface area contributed by atoms with Gasteiger partial charge in [-0.05, 0) is 40.0 Å². The Kier molecular flexibility index (Phi) is 5.15. The molecule has 138 valence electrons. The Morgan fingerprint density at radius 2 is 1.79 bits per heavy atom. The molecule has 2 fully saturated rings. The maximum absolute atomic E-state index is 12.5. The minimum absolute atomic E-state index is 0.211. The molecule has 0 spiro atoms. The Bertz CT molecular complexity index is 610. The lowest BCUT2D eigenvalue weighted by atomic mass is 9.87. The predicted molar refractivity (Wildman–Crippen MR) is 84.7 cm³/mol. The van der Waals surface area contributed by atoms with Gasteiger partial charge in [0.2, 0.25) is 0 Å². The third kappa shape index (κ3) is 4.18. The number of fused-ring (bicyclic) bond motifs is 2. The maximum atomic E-state index is 12.5. The van der Waals surface area contributed by atoms with E-state index in [-0.39, 0.29) is 12.5 Å². The zero-order valence-electron chi connectivity index (χ0n) is 14.6. The normalized spacial score (nSPS) is 30.1. The van der Waals surface area contributed by atoms with E-state index in [0.29, 0.717) is 12.8 Å². The molecule has 1 amide bonds.